The van der Waals surface area contributed by atoms with Crippen LogP contribution in [0, 0.1) is 0 Å². The second kappa shape index (κ2) is 5.58. The van der Waals surface area contributed by atoms with Gasteiger partial charge in [0.15, 0.2) is 0 Å². The van der Waals surface area contributed by atoms with E-state index < -0.39 is 0 Å². The first-order chi connectivity index (χ1) is 6.97. The summed E-state index contributed by atoms with van der Waals surface area (Å²) in [5.41, 5.74) is 3.19. The van der Waals surface area contributed by atoms with Crippen molar-refractivity contribution in [1.82, 2.24) is 15.6 Å². The quantitative estimate of drug-likeness (QED) is 0.808. The van der Waals surface area contributed by atoms with E-state index in [9.17, 15) is 0 Å². The van der Waals surface area contributed by atoms with E-state index in [1.165, 1.54) is 0 Å². The van der Waals surface area contributed by atoms with Gasteiger partial charge >= 0.3 is 0 Å². The molecule has 0 aliphatic heterocycles. The van der Waals surface area contributed by atoms with Crippen LogP contribution in [0.2, 0.25) is 0 Å². The maximum Gasteiger partial charge on any atom is 0.0795 e. The van der Waals surface area contributed by atoms with E-state index in [0.29, 0.717) is 6.04 Å². The number of nitrogens with one attached hydrogen (secondary N) is 2. The van der Waals surface area contributed by atoms with Gasteiger partial charge in [-0.25, -0.2) is 4.98 Å². The Bertz CT molecular complexity index is 264. The van der Waals surface area contributed by atoms with Crippen molar-refractivity contribution >= 4 is 11.3 Å². The summed E-state index contributed by atoms with van der Waals surface area (Å²) in [6.45, 7) is 10.6. The van der Waals surface area contributed by atoms with E-state index in [0.717, 1.165) is 18.8 Å². The number of aromatic nitrogens is 1. The number of rotatable bonds is 5. The van der Waals surface area contributed by atoms with E-state index in [2.05, 4.69) is 48.7 Å². The topological polar surface area (TPSA) is 37.0 Å². The van der Waals surface area contributed by atoms with E-state index in [1.54, 1.807) is 11.3 Å². The summed E-state index contributed by atoms with van der Waals surface area (Å²) >= 11 is 1.64. The predicted octanol–water partition coefficient (Wildman–Crippen LogP) is 2.01. The Kier molecular flexibility index (Phi) is 4.70. The van der Waals surface area contributed by atoms with Gasteiger partial charge in [-0.1, -0.05) is 0 Å². The van der Waals surface area contributed by atoms with Crippen LogP contribution >= 0.6 is 11.3 Å². The molecule has 2 N–H and O–H groups in total. The highest BCUT2D eigenvalue weighted by molar-refractivity contribution is 7.07. The largest absolute Gasteiger partial charge is 0.311 e. The Morgan fingerprint density at radius 2 is 2.20 bits per heavy atom. The van der Waals surface area contributed by atoms with Crippen LogP contribution in [-0.4, -0.2) is 23.1 Å². The standard InChI is InChI=1S/C11H21N3S/c1-9(5-14-11(2,3)4)12-6-10-7-15-8-13-10/h7-9,12,14H,5-6H2,1-4H3. The molecule has 1 unspecified atom stereocenters. The lowest BCUT2D eigenvalue weighted by atomic mass is 10.1. The molecule has 1 heterocycles. The van der Waals surface area contributed by atoms with Crippen LogP contribution in [-0.2, 0) is 6.54 Å². The lowest BCUT2D eigenvalue weighted by molar-refractivity contribution is 0.387. The Morgan fingerprint density at radius 1 is 1.47 bits per heavy atom. The minimum Gasteiger partial charge on any atom is -0.311 e. The van der Waals surface area contributed by atoms with Crippen LogP contribution in [0.15, 0.2) is 10.9 Å². The summed E-state index contributed by atoms with van der Waals surface area (Å²) < 4.78 is 0. The van der Waals surface area contributed by atoms with Gasteiger partial charge in [0.25, 0.3) is 0 Å². The van der Waals surface area contributed by atoms with Crippen LogP contribution in [0.1, 0.15) is 33.4 Å². The molecule has 1 aromatic rings. The first-order valence-electron chi connectivity index (χ1n) is 5.33. The van der Waals surface area contributed by atoms with Gasteiger partial charge in [0.2, 0.25) is 0 Å². The third-order valence-corrected chi connectivity index (χ3v) is 2.69. The van der Waals surface area contributed by atoms with Crippen molar-refractivity contribution in [2.45, 2.75) is 45.8 Å². The molecule has 1 aromatic heterocycles. The third-order valence-electron chi connectivity index (χ3n) is 2.05. The first kappa shape index (κ1) is 12.6. The molecule has 0 amide bonds. The fourth-order valence-electron chi connectivity index (χ4n) is 1.14. The maximum absolute atomic E-state index is 4.23. The van der Waals surface area contributed by atoms with Gasteiger partial charge in [-0.15, -0.1) is 11.3 Å². The van der Waals surface area contributed by atoms with Crippen molar-refractivity contribution in [1.29, 1.82) is 0 Å². The zero-order chi connectivity index (χ0) is 11.3. The van der Waals surface area contributed by atoms with Crippen molar-refractivity contribution in [3.8, 4) is 0 Å². The molecule has 3 nitrogen and oxygen atoms in total. The molecule has 0 aliphatic rings. The van der Waals surface area contributed by atoms with Crippen LogP contribution in [0.4, 0.5) is 0 Å². The van der Waals surface area contributed by atoms with E-state index >= 15 is 0 Å². The molecule has 1 atom stereocenters. The normalized spacial score (nSPS) is 14.1. The number of nitrogens with zero attached hydrogens (tertiary/aromatic N) is 1. The molecular weight excluding hydrogens is 206 g/mol. The predicted molar refractivity (Wildman–Crippen MR) is 66.2 cm³/mol. The molecule has 0 fully saturated rings. The smallest absolute Gasteiger partial charge is 0.0795 e. The van der Waals surface area contributed by atoms with Crippen molar-refractivity contribution < 1.29 is 0 Å². The molecule has 0 saturated heterocycles. The summed E-state index contributed by atoms with van der Waals surface area (Å²) in [5, 5.41) is 8.99. The second-order valence-electron chi connectivity index (χ2n) is 4.89. The third kappa shape index (κ3) is 5.87. The van der Waals surface area contributed by atoms with Gasteiger partial charge < -0.3 is 10.6 Å². The van der Waals surface area contributed by atoms with Gasteiger partial charge in [0, 0.05) is 30.1 Å². The Morgan fingerprint density at radius 3 is 2.73 bits per heavy atom. The zero-order valence-electron chi connectivity index (χ0n) is 10.0. The summed E-state index contributed by atoms with van der Waals surface area (Å²) in [4.78, 5) is 4.23. The highest BCUT2D eigenvalue weighted by Crippen LogP contribution is 2.01. The fraction of sp³-hybridized carbons (Fsp3) is 0.727. The van der Waals surface area contributed by atoms with Crippen LogP contribution in [0.5, 0.6) is 0 Å². The summed E-state index contributed by atoms with van der Waals surface area (Å²) in [6, 6.07) is 0.464. The Labute approximate surface area is 96.3 Å². The molecule has 15 heavy (non-hydrogen) atoms. The van der Waals surface area contributed by atoms with E-state index in [1.807, 2.05) is 5.51 Å². The lowest BCUT2D eigenvalue weighted by Gasteiger charge is -2.23. The van der Waals surface area contributed by atoms with Crippen LogP contribution < -0.4 is 10.6 Å². The molecule has 0 bridgehead atoms. The molecule has 0 saturated carbocycles. The molecule has 86 valence electrons. The lowest BCUT2D eigenvalue weighted by Crippen LogP contribution is -2.44. The maximum atomic E-state index is 4.23. The van der Waals surface area contributed by atoms with Crippen LogP contribution in [0.3, 0.4) is 0 Å². The number of hydrogen-bond donors (Lipinski definition) is 2. The highest BCUT2D eigenvalue weighted by Gasteiger charge is 2.10. The number of hydrogen-bond acceptors (Lipinski definition) is 4. The summed E-state index contributed by atoms with van der Waals surface area (Å²) in [5.74, 6) is 0. The molecule has 0 aromatic carbocycles. The monoisotopic (exact) mass is 227 g/mol. The SMILES string of the molecule is CC(CNC(C)(C)C)NCc1cscn1. The van der Waals surface area contributed by atoms with Gasteiger partial charge in [-0.3, -0.25) is 0 Å². The van der Waals surface area contributed by atoms with Crippen molar-refractivity contribution in [3.05, 3.63) is 16.6 Å². The highest BCUT2D eigenvalue weighted by atomic mass is 32.1. The number of thiazole rings is 1. The summed E-state index contributed by atoms with van der Waals surface area (Å²) in [6.07, 6.45) is 0. The van der Waals surface area contributed by atoms with Gasteiger partial charge in [0.05, 0.1) is 11.2 Å². The van der Waals surface area contributed by atoms with E-state index in [4.69, 9.17) is 0 Å². The van der Waals surface area contributed by atoms with Crippen molar-refractivity contribution in [3.63, 3.8) is 0 Å². The average molecular weight is 227 g/mol. The minimum absolute atomic E-state index is 0.191. The average Bonchev–Trinajstić information content (AvgIpc) is 2.62. The minimum atomic E-state index is 0.191. The van der Waals surface area contributed by atoms with Gasteiger partial charge in [-0.2, -0.15) is 0 Å². The van der Waals surface area contributed by atoms with Crippen molar-refractivity contribution in [2.75, 3.05) is 6.54 Å². The second-order valence-corrected chi connectivity index (χ2v) is 5.61. The molecule has 0 spiro atoms. The molecule has 1 rings (SSSR count). The molecule has 0 radical (unpaired) electrons. The van der Waals surface area contributed by atoms with Crippen LogP contribution in [0.25, 0.3) is 0 Å². The van der Waals surface area contributed by atoms with Crippen molar-refractivity contribution in [2.24, 2.45) is 0 Å². The van der Waals surface area contributed by atoms with Gasteiger partial charge in [0.1, 0.15) is 0 Å². The first-order valence-corrected chi connectivity index (χ1v) is 6.27. The Balaban J connectivity index is 2.16. The Hall–Kier alpha value is -0.450. The molecule has 0 aliphatic carbocycles. The molecular formula is C11H21N3S. The molecule has 4 heteroatoms. The summed E-state index contributed by atoms with van der Waals surface area (Å²) in [7, 11) is 0. The zero-order valence-corrected chi connectivity index (χ0v) is 10.8. The van der Waals surface area contributed by atoms with E-state index in [-0.39, 0.29) is 5.54 Å². The van der Waals surface area contributed by atoms with Gasteiger partial charge in [-0.05, 0) is 27.7 Å². The fourth-order valence-corrected chi connectivity index (χ4v) is 1.69.